The molecule has 0 fully saturated rings. The smallest absolute Gasteiger partial charge is 0.387 e. The van der Waals surface area contributed by atoms with Crippen LogP contribution >= 0.6 is 0 Å². The van der Waals surface area contributed by atoms with Crippen molar-refractivity contribution in [2.45, 2.75) is 19.6 Å². The van der Waals surface area contributed by atoms with E-state index >= 15 is 0 Å². The first kappa shape index (κ1) is 21.0. The maximum atomic E-state index is 12.7. The molecular formula is C22H19F2NO5. The molecule has 1 atom stereocenters. The molecule has 0 aliphatic carbocycles. The molecule has 0 saturated carbocycles. The second kappa shape index (κ2) is 9.21. The van der Waals surface area contributed by atoms with Gasteiger partial charge in [-0.15, -0.1) is 0 Å². The fraction of sp³-hybridized carbons (Fsp3) is 0.182. The number of para-hydroxylation sites is 1. The van der Waals surface area contributed by atoms with Crippen LogP contribution in [0.15, 0.2) is 60.7 Å². The van der Waals surface area contributed by atoms with Crippen LogP contribution in [-0.2, 0) is 9.53 Å². The van der Waals surface area contributed by atoms with Crippen molar-refractivity contribution in [2.75, 3.05) is 12.4 Å². The van der Waals surface area contributed by atoms with Gasteiger partial charge in [-0.1, -0.05) is 42.5 Å². The maximum Gasteiger partial charge on any atom is 0.387 e. The number of carbonyl (C=O) groups excluding carboxylic acids is 2. The van der Waals surface area contributed by atoms with Crippen LogP contribution in [0, 0.1) is 0 Å². The molecule has 3 aromatic carbocycles. The highest BCUT2D eigenvalue weighted by atomic mass is 19.3. The van der Waals surface area contributed by atoms with Crippen molar-refractivity contribution in [1.82, 2.24) is 0 Å². The summed E-state index contributed by atoms with van der Waals surface area (Å²) in [5.74, 6) is -2.08. The lowest BCUT2D eigenvalue weighted by atomic mass is 10.1. The van der Waals surface area contributed by atoms with Crippen molar-refractivity contribution in [1.29, 1.82) is 0 Å². The number of fused-ring (bicyclic) bond motifs is 1. The predicted molar refractivity (Wildman–Crippen MR) is 107 cm³/mol. The van der Waals surface area contributed by atoms with Gasteiger partial charge in [-0.25, -0.2) is 4.79 Å². The third-order valence-electron chi connectivity index (χ3n) is 4.33. The molecule has 0 aromatic heterocycles. The Morgan fingerprint density at radius 3 is 2.40 bits per heavy atom. The minimum Gasteiger partial charge on any atom is -0.493 e. The number of methoxy groups -OCH3 is 1. The molecular weight excluding hydrogens is 396 g/mol. The minimum atomic E-state index is -3.17. The van der Waals surface area contributed by atoms with Crippen LogP contribution in [0.1, 0.15) is 17.3 Å². The molecule has 0 bridgehead atoms. The Hall–Kier alpha value is -3.68. The van der Waals surface area contributed by atoms with E-state index < -0.39 is 30.3 Å². The van der Waals surface area contributed by atoms with Gasteiger partial charge in [0.15, 0.2) is 17.6 Å². The number of nitrogens with one attached hydrogen (secondary N) is 1. The van der Waals surface area contributed by atoms with Gasteiger partial charge in [0.25, 0.3) is 5.91 Å². The van der Waals surface area contributed by atoms with Crippen LogP contribution in [0.4, 0.5) is 14.5 Å². The summed E-state index contributed by atoms with van der Waals surface area (Å²) in [6, 6.07) is 16.9. The molecule has 0 spiro atoms. The van der Waals surface area contributed by atoms with Gasteiger partial charge in [0.2, 0.25) is 0 Å². The summed E-state index contributed by atoms with van der Waals surface area (Å²) in [5, 5.41) is 4.48. The van der Waals surface area contributed by atoms with Gasteiger partial charge < -0.3 is 19.5 Å². The highest BCUT2D eigenvalue weighted by Crippen LogP contribution is 2.33. The summed E-state index contributed by atoms with van der Waals surface area (Å²) in [5.41, 5.74) is 0.281. The largest absolute Gasteiger partial charge is 0.493 e. The van der Waals surface area contributed by atoms with Crippen LogP contribution in [-0.4, -0.2) is 31.7 Å². The average Bonchev–Trinajstić information content (AvgIpc) is 2.73. The highest BCUT2D eigenvalue weighted by Gasteiger charge is 2.25. The topological polar surface area (TPSA) is 73.9 Å². The van der Waals surface area contributed by atoms with Crippen molar-refractivity contribution < 1.29 is 32.6 Å². The monoisotopic (exact) mass is 415 g/mol. The van der Waals surface area contributed by atoms with Crippen molar-refractivity contribution in [3.8, 4) is 11.5 Å². The Labute approximate surface area is 171 Å². The van der Waals surface area contributed by atoms with Crippen molar-refractivity contribution >= 4 is 28.3 Å². The number of carbonyl (C=O) groups is 2. The van der Waals surface area contributed by atoms with Crippen LogP contribution in [0.3, 0.4) is 0 Å². The second-order valence-electron chi connectivity index (χ2n) is 6.28. The van der Waals surface area contributed by atoms with Gasteiger partial charge in [-0.3, -0.25) is 4.79 Å². The van der Waals surface area contributed by atoms with E-state index in [1.165, 1.54) is 32.2 Å². The van der Waals surface area contributed by atoms with Crippen LogP contribution in [0.2, 0.25) is 0 Å². The van der Waals surface area contributed by atoms with E-state index in [0.29, 0.717) is 5.69 Å². The van der Waals surface area contributed by atoms with Gasteiger partial charge in [0, 0.05) is 11.1 Å². The molecule has 6 nitrogen and oxygen atoms in total. The molecule has 156 valence electrons. The van der Waals surface area contributed by atoms with Crippen molar-refractivity contribution in [2.24, 2.45) is 0 Å². The first-order valence-corrected chi connectivity index (χ1v) is 9.02. The Bertz CT molecular complexity index is 1070. The number of ether oxygens (including phenoxy) is 3. The van der Waals surface area contributed by atoms with Crippen LogP contribution in [0.25, 0.3) is 10.8 Å². The zero-order chi connectivity index (χ0) is 21.7. The van der Waals surface area contributed by atoms with E-state index in [1.807, 2.05) is 30.3 Å². The third-order valence-corrected chi connectivity index (χ3v) is 4.33. The molecule has 3 aromatic rings. The molecule has 30 heavy (non-hydrogen) atoms. The number of alkyl halides is 2. The molecule has 1 amide bonds. The molecule has 0 heterocycles. The van der Waals surface area contributed by atoms with E-state index in [2.05, 4.69) is 10.1 Å². The highest BCUT2D eigenvalue weighted by molar-refractivity contribution is 6.04. The fourth-order valence-corrected chi connectivity index (χ4v) is 2.89. The molecule has 3 rings (SSSR count). The van der Waals surface area contributed by atoms with Gasteiger partial charge in [-0.05, 0) is 30.5 Å². The van der Waals surface area contributed by atoms with E-state index in [-0.39, 0.29) is 11.3 Å². The fourth-order valence-electron chi connectivity index (χ4n) is 2.89. The molecule has 8 heteroatoms. The lowest BCUT2D eigenvalue weighted by Gasteiger charge is -2.17. The molecule has 0 saturated heterocycles. The Morgan fingerprint density at radius 1 is 0.967 bits per heavy atom. The lowest BCUT2D eigenvalue weighted by Crippen LogP contribution is -2.30. The maximum absolute atomic E-state index is 12.7. The van der Waals surface area contributed by atoms with E-state index in [4.69, 9.17) is 9.47 Å². The standard InChI is InChI=1S/C22H19F2NO5/c1-13(20(26)25-17-11-5-8-14-7-3-4-9-15(14)17)29-21(27)16-10-6-12-18(28-2)19(16)30-22(23)24/h3-13,22H,1-2H3,(H,25,26). The van der Waals surface area contributed by atoms with Gasteiger partial charge in [0.05, 0.1) is 7.11 Å². The van der Waals surface area contributed by atoms with Gasteiger partial charge in [0.1, 0.15) is 5.56 Å². The summed E-state index contributed by atoms with van der Waals surface area (Å²) < 4.78 is 40.0. The molecule has 0 radical (unpaired) electrons. The van der Waals surface area contributed by atoms with E-state index in [0.717, 1.165) is 10.8 Å². The number of hydrogen-bond acceptors (Lipinski definition) is 5. The van der Waals surface area contributed by atoms with Crippen molar-refractivity contribution in [3.63, 3.8) is 0 Å². The molecule has 0 aliphatic rings. The summed E-state index contributed by atoms with van der Waals surface area (Å²) in [6.07, 6.45) is -1.19. The van der Waals surface area contributed by atoms with Crippen LogP contribution in [0.5, 0.6) is 11.5 Å². The Kier molecular flexibility index (Phi) is 6.46. The van der Waals surface area contributed by atoms with E-state index in [1.54, 1.807) is 12.1 Å². The number of hydrogen-bond donors (Lipinski definition) is 1. The quantitative estimate of drug-likeness (QED) is 0.570. The average molecular weight is 415 g/mol. The number of rotatable bonds is 7. The zero-order valence-corrected chi connectivity index (χ0v) is 16.2. The number of amides is 1. The molecule has 0 aliphatic heterocycles. The first-order chi connectivity index (χ1) is 14.4. The first-order valence-electron chi connectivity index (χ1n) is 9.02. The van der Waals surface area contributed by atoms with Gasteiger partial charge >= 0.3 is 12.6 Å². The molecule has 1 N–H and O–H groups in total. The number of esters is 1. The van der Waals surface area contributed by atoms with E-state index in [9.17, 15) is 18.4 Å². The predicted octanol–water partition coefficient (Wildman–Crippen LogP) is 4.63. The summed E-state index contributed by atoms with van der Waals surface area (Å²) in [6.45, 7) is -1.79. The summed E-state index contributed by atoms with van der Waals surface area (Å²) in [7, 11) is 1.25. The lowest BCUT2D eigenvalue weighted by molar-refractivity contribution is -0.123. The van der Waals surface area contributed by atoms with Gasteiger partial charge in [-0.2, -0.15) is 8.78 Å². The summed E-state index contributed by atoms with van der Waals surface area (Å²) in [4.78, 5) is 25.1. The minimum absolute atomic E-state index is 0.0578. The second-order valence-corrected chi connectivity index (χ2v) is 6.28. The number of halogens is 2. The third kappa shape index (κ3) is 4.65. The SMILES string of the molecule is COc1cccc(C(=O)OC(C)C(=O)Nc2cccc3ccccc23)c1OC(F)F. The Balaban J connectivity index is 1.76. The summed E-state index contributed by atoms with van der Waals surface area (Å²) >= 11 is 0. The van der Waals surface area contributed by atoms with Crippen LogP contribution < -0.4 is 14.8 Å². The normalized spacial score (nSPS) is 11.8. The number of benzene rings is 3. The number of anilines is 1. The zero-order valence-electron chi connectivity index (χ0n) is 16.2. The Morgan fingerprint density at radius 2 is 1.67 bits per heavy atom. The molecule has 1 unspecified atom stereocenters. The van der Waals surface area contributed by atoms with Crippen molar-refractivity contribution in [3.05, 3.63) is 66.2 Å².